The minimum Gasteiger partial charge on any atom is -0.394 e. The van der Waals surface area contributed by atoms with E-state index in [4.69, 9.17) is 0 Å². The standard InChI is InChI=1S/C17H25N5O3/c1-19-6-2-4-13(12-23)10-20-11-16(24)22-15(9-18)8-14-5-3-7-21-17(14)25/h2,4,6,12,14-15,19-20H,3,5,7-8,10-11H2,1H3,(H,21,25)(H,22,24)/b6-2-,13-4-/t14-,15?/m0/s1. The lowest BCUT2D eigenvalue weighted by Gasteiger charge is -2.23. The van der Waals surface area contributed by atoms with Crippen molar-refractivity contribution < 1.29 is 14.4 Å². The van der Waals surface area contributed by atoms with E-state index in [2.05, 4.69) is 21.3 Å². The molecule has 136 valence electrons. The predicted molar refractivity (Wildman–Crippen MR) is 93.1 cm³/mol. The van der Waals surface area contributed by atoms with Gasteiger partial charge in [0.05, 0.1) is 12.6 Å². The highest BCUT2D eigenvalue weighted by atomic mass is 16.2. The van der Waals surface area contributed by atoms with Crippen molar-refractivity contribution in [3.05, 3.63) is 23.9 Å². The Bertz CT molecular complexity index is 565. The van der Waals surface area contributed by atoms with E-state index in [1.165, 1.54) is 0 Å². The van der Waals surface area contributed by atoms with Gasteiger partial charge >= 0.3 is 0 Å². The van der Waals surface area contributed by atoms with E-state index in [0.717, 1.165) is 12.8 Å². The van der Waals surface area contributed by atoms with Gasteiger partial charge in [-0.05, 0) is 31.5 Å². The van der Waals surface area contributed by atoms with Crippen LogP contribution in [0, 0.1) is 17.2 Å². The van der Waals surface area contributed by atoms with Gasteiger partial charge in [0.1, 0.15) is 12.3 Å². The summed E-state index contributed by atoms with van der Waals surface area (Å²) < 4.78 is 0. The maximum absolute atomic E-state index is 11.9. The van der Waals surface area contributed by atoms with Crippen LogP contribution in [0.1, 0.15) is 19.3 Å². The van der Waals surface area contributed by atoms with Crippen LogP contribution in [0.4, 0.5) is 0 Å². The predicted octanol–water partition coefficient (Wildman–Crippen LogP) is -0.641. The number of aldehydes is 1. The molecule has 0 bridgehead atoms. The van der Waals surface area contributed by atoms with Gasteiger partial charge in [-0.1, -0.05) is 6.08 Å². The number of rotatable bonds is 10. The van der Waals surface area contributed by atoms with Gasteiger partial charge in [-0.2, -0.15) is 5.26 Å². The normalized spacial score (nSPS) is 19.0. The van der Waals surface area contributed by atoms with E-state index >= 15 is 0 Å². The first-order valence-electron chi connectivity index (χ1n) is 8.26. The summed E-state index contributed by atoms with van der Waals surface area (Å²) in [4.78, 5) is 34.5. The molecule has 0 aromatic rings. The monoisotopic (exact) mass is 347 g/mol. The fourth-order valence-electron chi connectivity index (χ4n) is 2.46. The average molecular weight is 347 g/mol. The summed E-state index contributed by atoms with van der Waals surface area (Å²) in [5.41, 5.74) is 0.495. The van der Waals surface area contributed by atoms with Crippen LogP contribution in [0.25, 0.3) is 0 Å². The summed E-state index contributed by atoms with van der Waals surface area (Å²) in [5, 5.41) is 20.2. The van der Waals surface area contributed by atoms with Gasteiger partial charge in [-0.15, -0.1) is 0 Å². The lowest BCUT2D eigenvalue weighted by atomic mass is 9.92. The quantitative estimate of drug-likeness (QED) is 0.237. The van der Waals surface area contributed by atoms with E-state index in [-0.39, 0.29) is 30.8 Å². The zero-order valence-electron chi connectivity index (χ0n) is 14.4. The van der Waals surface area contributed by atoms with Crippen molar-refractivity contribution in [2.45, 2.75) is 25.3 Å². The number of nitriles is 1. The summed E-state index contributed by atoms with van der Waals surface area (Å²) >= 11 is 0. The highest BCUT2D eigenvalue weighted by molar-refractivity contribution is 5.81. The number of piperidine rings is 1. The zero-order chi connectivity index (χ0) is 18.5. The number of carbonyl (C=O) groups excluding carboxylic acids is 3. The molecule has 1 heterocycles. The summed E-state index contributed by atoms with van der Waals surface area (Å²) in [5.74, 6) is -0.650. The molecule has 1 aliphatic heterocycles. The fraction of sp³-hybridized carbons (Fsp3) is 0.529. The van der Waals surface area contributed by atoms with E-state index in [1.54, 1.807) is 25.4 Å². The maximum atomic E-state index is 11.9. The molecular formula is C17H25N5O3. The minimum absolute atomic E-state index is 0.0179. The third kappa shape index (κ3) is 8.13. The van der Waals surface area contributed by atoms with Gasteiger partial charge in [-0.3, -0.25) is 14.4 Å². The number of amides is 2. The SMILES string of the molecule is CN/C=C\C=C(/C=O)CNCC(=O)NC(C#N)C[C@@H]1CCCNC1=O. The first-order chi connectivity index (χ1) is 12.1. The van der Waals surface area contributed by atoms with Crippen LogP contribution in [-0.2, 0) is 14.4 Å². The molecule has 4 N–H and O–H groups in total. The van der Waals surface area contributed by atoms with Crippen molar-refractivity contribution in [2.75, 3.05) is 26.7 Å². The number of nitrogens with zero attached hydrogens (tertiary/aromatic N) is 1. The minimum atomic E-state index is -0.706. The van der Waals surface area contributed by atoms with E-state index < -0.39 is 6.04 Å². The van der Waals surface area contributed by atoms with Crippen LogP contribution in [0.3, 0.4) is 0 Å². The molecule has 2 atom stereocenters. The largest absolute Gasteiger partial charge is 0.394 e. The summed E-state index contributed by atoms with van der Waals surface area (Å²) in [7, 11) is 1.75. The molecule has 1 aliphatic rings. The molecule has 1 rings (SSSR count). The molecule has 0 saturated carbocycles. The Morgan fingerprint density at radius 1 is 1.48 bits per heavy atom. The number of carbonyl (C=O) groups is 3. The first-order valence-corrected chi connectivity index (χ1v) is 8.26. The van der Waals surface area contributed by atoms with Gasteiger partial charge in [0.15, 0.2) is 0 Å². The molecule has 25 heavy (non-hydrogen) atoms. The third-order valence-corrected chi connectivity index (χ3v) is 3.75. The highest BCUT2D eigenvalue weighted by Crippen LogP contribution is 2.17. The van der Waals surface area contributed by atoms with E-state index in [9.17, 15) is 19.6 Å². The number of nitrogens with one attached hydrogen (secondary N) is 4. The molecule has 0 spiro atoms. The molecule has 0 aromatic carbocycles. The molecule has 0 radical (unpaired) electrons. The topological polar surface area (TPSA) is 123 Å². The third-order valence-electron chi connectivity index (χ3n) is 3.75. The second-order valence-corrected chi connectivity index (χ2v) is 5.73. The van der Waals surface area contributed by atoms with Crippen LogP contribution in [0.2, 0.25) is 0 Å². The van der Waals surface area contributed by atoms with Crippen molar-refractivity contribution in [2.24, 2.45) is 5.92 Å². The molecule has 1 unspecified atom stereocenters. The van der Waals surface area contributed by atoms with Crippen molar-refractivity contribution >= 4 is 18.1 Å². The van der Waals surface area contributed by atoms with Crippen LogP contribution < -0.4 is 21.3 Å². The highest BCUT2D eigenvalue weighted by Gasteiger charge is 2.26. The molecule has 2 amide bonds. The smallest absolute Gasteiger partial charge is 0.234 e. The lowest BCUT2D eigenvalue weighted by molar-refractivity contribution is -0.127. The molecule has 0 aliphatic carbocycles. The molecular weight excluding hydrogens is 322 g/mol. The number of hydrogen-bond acceptors (Lipinski definition) is 6. The second kappa shape index (κ2) is 11.8. The Hall–Kier alpha value is -2.66. The van der Waals surface area contributed by atoms with Crippen molar-refractivity contribution in [1.29, 1.82) is 5.26 Å². The summed E-state index contributed by atoms with van der Waals surface area (Å²) in [6.45, 7) is 0.891. The van der Waals surface area contributed by atoms with Crippen LogP contribution >= 0.6 is 0 Å². The Balaban J connectivity index is 2.37. The van der Waals surface area contributed by atoms with E-state index in [1.807, 2.05) is 6.07 Å². The van der Waals surface area contributed by atoms with Gasteiger partial charge in [-0.25, -0.2) is 0 Å². The van der Waals surface area contributed by atoms with Crippen LogP contribution in [0.15, 0.2) is 23.9 Å². The maximum Gasteiger partial charge on any atom is 0.234 e. The Morgan fingerprint density at radius 3 is 2.92 bits per heavy atom. The Kier molecular flexibility index (Phi) is 9.63. The zero-order valence-corrected chi connectivity index (χ0v) is 14.4. The molecule has 1 saturated heterocycles. The number of hydrogen-bond donors (Lipinski definition) is 4. The van der Waals surface area contributed by atoms with Crippen molar-refractivity contribution in [3.8, 4) is 6.07 Å². The first kappa shape index (κ1) is 20.4. The second-order valence-electron chi connectivity index (χ2n) is 5.73. The summed E-state index contributed by atoms with van der Waals surface area (Å²) in [6, 6.07) is 1.32. The summed E-state index contributed by atoms with van der Waals surface area (Å²) in [6.07, 6.45) is 7.63. The van der Waals surface area contributed by atoms with Crippen LogP contribution in [-0.4, -0.2) is 50.8 Å². The molecule has 0 aromatic heterocycles. The number of allylic oxidation sites excluding steroid dienone is 2. The average Bonchev–Trinajstić information content (AvgIpc) is 2.61. The Morgan fingerprint density at radius 2 is 2.28 bits per heavy atom. The van der Waals surface area contributed by atoms with Crippen molar-refractivity contribution in [1.82, 2.24) is 21.3 Å². The van der Waals surface area contributed by atoms with E-state index in [0.29, 0.717) is 24.8 Å². The van der Waals surface area contributed by atoms with Gasteiger partial charge in [0.25, 0.3) is 0 Å². The Labute approximate surface area is 147 Å². The lowest BCUT2D eigenvalue weighted by Crippen LogP contribution is -2.44. The molecule has 8 nitrogen and oxygen atoms in total. The van der Waals surface area contributed by atoms with Gasteiger partial charge < -0.3 is 21.3 Å². The van der Waals surface area contributed by atoms with Gasteiger partial charge in [0, 0.05) is 31.6 Å². The van der Waals surface area contributed by atoms with Gasteiger partial charge in [0.2, 0.25) is 11.8 Å². The van der Waals surface area contributed by atoms with Crippen molar-refractivity contribution in [3.63, 3.8) is 0 Å². The molecule has 1 fully saturated rings. The fourth-order valence-corrected chi connectivity index (χ4v) is 2.46. The van der Waals surface area contributed by atoms with Crippen LogP contribution in [0.5, 0.6) is 0 Å². The molecule has 8 heteroatoms.